The number of likely N-dealkylation sites (tertiary alicyclic amines) is 1. The van der Waals surface area contributed by atoms with E-state index < -0.39 is 0 Å². The topological polar surface area (TPSA) is 91.6 Å². The van der Waals surface area contributed by atoms with Crippen molar-refractivity contribution < 1.29 is 9.53 Å². The van der Waals surface area contributed by atoms with Gasteiger partial charge in [0, 0.05) is 37.5 Å². The van der Waals surface area contributed by atoms with Crippen molar-refractivity contribution in [2.24, 2.45) is 29.4 Å². The molecule has 0 spiro atoms. The number of alkyl halides is 1. The molecule has 1 aliphatic carbocycles. The number of carbonyl (C=O) groups excluding carboxylic acids is 1. The van der Waals surface area contributed by atoms with Crippen LogP contribution in [0.1, 0.15) is 32.6 Å². The number of nitrogens with two attached hydrogens (primary N) is 1. The summed E-state index contributed by atoms with van der Waals surface area (Å²) in [6, 6.07) is 0. The van der Waals surface area contributed by atoms with Crippen LogP contribution < -0.4 is 21.7 Å². The van der Waals surface area contributed by atoms with Gasteiger partial charge in [0.1, 0.15) is 0 Å². The van der Waals surface area contributed by atoms with Crippen LogP contribution in [0.4, 0.5) is 4.79 Å². The predicted molar refractivity (Wildman–Crippen MR) is 107 cm³/mol. The van der Waals surface area contributed by atoms with Gasteiger partial charge >= 0.3 is 6.09 Å². The second-order valence-electron chi connectivity index (χ2n) is 8.58. The van der Waals surface area contributed by atoms with Crippen molar-refractivity contribution in [3.63, 3.8) is 0 Å². The second kappa shape index (κ2) is 9.74. The second-order valence-corrected chi connectivity index (χ2v) is 9.14. The van der Waals surface area contributed by atoms with E-state index in [2.05, 4.69) is 27.8 Å². The van der Waals surface area contributed by atoms with E-state index >= 15 is 0 Å². The number of alkyl carbamates (subject to hydrolysis) is 1. The fourth-order valence-corrected chi connectivity index (χ4v) is 5.21. The zero-order valence-electron chi connectivity index (χ0n) is 16.6. The van der Waals surface area contributed by atoms with Gasteiger partial charge in [0.25, 0.3) is 0 Å². The lowest BCUT2D eigenvalue weighted by molar-refractivity contribution is 0.0517. The van der Waals surface area contributed by atoms with Gasteiger partial charge in [0.2, 0.25) is 0 Å². The highest BCUT2D eigenvalue weighted by molar-refractivity contribution is 6.20. The minimum Gasteiger partial charge on any atom is -0.453 e. The smallest absolute Gasteiger partial charge is 0.406 e. The van der Waals surface area contributed by atoms with Crippen LogP contribution in [0.3, 0.4) is 0 Å². The highest BCUT2D eigenvalue weighted by Gasteiger charge is 2.40. The van der Waals surface area contributed by atoms with Crippen molar-refractivity contribution in [2.45, 2.75) is 50.3 Å². The highest BCUT2D eigenvalue weighted by Crippen LogP contribution is 2.35. The summed E-state index contributed by atoms with van der Waals surface area (Å²) in [5.74, 6) is 2.00. The SMILES string of the molecule is COC(=O)NCC1CNC(C2CCC(C)C(Cl)C2)NC1N1CCC(CN)C1. The first-order chi connectivity index (χ1) is 13.0. The van der Waals surface area contributed by atoms with Gasteiger partial charge in [0.05, 0.1) is 19.4 Å². The average molecular weight is 402 g/mol. The van der Waals surface area contributed by atoms with Crippen LogP contribution in [0.15, 0.2) is 0 Å². The molecular weight excluding hydrogens is 366 g/mol. The summed E-state index contributed by atoms with van der Waals surface area (Å²) in [4.78, 5) is 14.1. The molecule has 1 saturated carbocycles. The number of nitrogens with zero attached hydrogens (tertiary/aromatic N) is 1. The zero-order valence-corrected chi connectivity index (χ0v) is 17.4. The summed E-state index contributed by atoms with van der Waals surface area (Å²) in [5.41, 5.74) is 5.90. The maximum Gasteiger partial charge on any atom is 0.406 e. The van der Waals surface area contributed by atoms with Crippen molar-refractivity contribution in [3.05, 3.63) is 0 Å². The Morgan fingerprint density at radius 3 is 2.85 bits per heavy atom. The molecule has 0 radical (unpaired) electrons. The van der Waals surface area contributed by atoms with Gasteiger partial charge in [-0.25, -0.2) is 4.79 Å². The molecule has 7 atom stereocenters. The summed E-state index contributed by atoms with van der Waals surface area (Å²) < 4.78 is 4.74. The van der Waals surface area contributed by atoms with Gasteiger partial charge in [-0.15, -0.1) is 11.6 Å². The number of ether oxygens (including phenoxy) is 1. The van der Waals surface area contributed by atoms with Gasteiger partial charge in [-0.1, -0.05) is 6.92 Å². The average Bonchev–Trinajstić information content (AvgIpc) is 3.17. The Kier molecular flexibility index (Phi) is 7.62. The van der Waals surface area contributed by atoms with Crippen molar-refractivity contribution in [1.82, 2.24) is 20.9 Å². The van der Waals surface area contributed by atoms with Crippen LogP contribution in [-0.2, 0) is 4.74 Å². The molecule has 0 aromatic carbocycles. The van der Waals surface area contributed by atoms with Crippen molar-refractivity contribution in [1.29, 1.82) is 0 Å². The van der Waals surface area contributed by atoms with Crippen LogP contribution in [0.5, 0.6) is 0 Å². The molecule has 3 rings (SSSR count). The molecular formula is C19H36ClN5O2. The molecule has 5 N–H and O–H groups in total. The third-order valence-corrected chi connectivity index (χ3v) is 7.35. The summed E-state index contributed by atoms with van der Waals surface area (Å²) in [6.45, 7) is 6.54. The Morgan fingerprint density at radius 1 is 1.37 bits per heavy atom. The first-order valence-electron chi connectivity index (χ1n) is 10.4. The van der Waals surface area contributed by atoms with Gasteiger partial charge in [-0.05, 0) is 50.0 Å². The van der Waals surface area contributed by atoms with E-state index in [4.69, 9.17) is 22.1 Å². The Hall–Kier alpha value is -0.600. The molecule has 2 saturated heterocycles. The summed E-state index contributed by atoms with van der Waals surface area (Å²) >= 11 is 6.57. The van der Waals surface area contributed by atoms with Crippen LogP contribution in [0.25, 0.3) is 0 Å². The van der Waals surface area contributed by atoms with E-state index in [1.165, 1.54) is 20.0 Å². The molecule has 7 unspecified atom stereocenters. The van der Waals surface area contributed by atoms with Crippen LogP contribution in [-0.4, -0.2) is 68.5 Å². The van der Waals surface area contributed by atoms with E-state index in [0.29, 0.717) is 24.3 Å². The highest BCUT2D eigenvalue weighted by atomic mass is 35.5. The van der Waals surface area contributed by atoms with E-state index in [1.807, 2.05) is 0 Å². The zero-order chi connectivity index (χ0) is 19.4. The summed E-state index contributed by atoms with van der Waals surface area (Å²) in [6.07, 6.45) is 4.73. The molecule has 156 valence electrons. The normalized spacial score (nSPS) is 40.7. The summed E-state index contributed by atoms with van der Waals surface area (Å²) in [7, 11) is 1.40. The van der Waals surface area contributed by atoms with Gasteiger partial charge in [0.15, 0.2) is 0 Å². The van der Waals surface area contributed by atoms with E-state index in [-0.39, 0.29) is 29.7 Å². The van der Waals surface area contributed by atoms with Crippen LogP contribution >= 0.6 is 11.6 Å². The number of amides is 1. The third-order valence-electron chi connectivity index (χ3n) is 6.74. The monoisotopic (exact) mass is 401 g/mol. The fraction of sp³-hybridized carbons (Fsp3) is 0.947. The third kappa shape index (κ3) is 5.26. The largest absolute Gasteiger partial charge is 0.453 e. The Balaban J connectivity index is 1.63. The van der Waals surface area contributed by atoms with Crippen molar-refractivity contribution in [2.75, 3.05) is 39.8 Å². The maximum absolute atomic E-state index is 11.5. The number of halogens is 1. The Bertz CT molecular complexity index is 497. The lowest BCUT2D eigenvalue weighted by Gasteiger charge is -2.47. The van der Waals surface area contributed by atoms with Crippen molar-refractivity contribution in [3.8, 4) is 0 Å². The molecule has 0 bridgehead atoms. The minimum absolute atomic E-state index is 0.234. The van der Waals surface area contributed by atoms with E-state index in [0.717, 1.165) is 39.0 Å². The van der Waals surface area contributed by atoms with Gasteiger partial charge in [-0.3, -0.25) is 10.2 Å². The van der Waals surface area contributed by atoms with Gasteiger partial charge < -0.3 is 21.1 Å². The Morgan fingerprint density at radius 2 is 2.19 bits per heavy atom. The number of carbonyl (C=O) groups is 1. The number of nitrogens with one attached hydrogen (secondary N) is 3. The molecule has 0 aromatic heterocycles. The molecule has 0 aromatic rings. The van der Waals surface area contributed by atoms with Crippen molar-refractivity contribution >= 4 is 17.7 Å². The van der Waals surface area contributed by atoms with Crippen LogP contribution in [0, 0.1) is 23.7 Å². The lowest BCUT2D eigenvalue weighted by Crippen LogP contribution is -2.67. The number of hydrogen-bond donors (Lipinski definition) is 4. The fourth-order valence-electron chi connectivity index (χ4n) is 4.85. The number of hydrogen-bond acceptors (Lipinski definition) is 6. The number of methoxy groups -OCH3 is 1. The lowest BCUT2D eigenvalue weighted by atomic mass is 9.80. The molecule has 2 aliphatic heterocycles. The maximum atomic E-state index is 11.5. The first-order valence-corrected chi connectivity index (χ1v) is 10.8. The van der Waals surface area contributed by atoms with E-state index in [1.54, 1.807) is 0 Å². The predicted octanol–water partition coefficient (Wildman–Crippen LogP) is 1.13. The Labute approximate surface area is 168 Å². The minimum atomic E-state index is -0.372. The standard InChI is InChI=1S/C19H36ClN5O2/c1-12-3-4-14(7-16(12)20)17-22-9-15(10-23-19(26)27-2)18(24-17)25-6-5-13(8-21)11-25/h12-18,22,24H,3-11,21H2,1-2H3,(H,23,26). The summed E-state index contributed by atoms with van der Waals surface area (Å²) in [5, 5.41) is 10.7. The van der Waals surface area contributed by atoms with Gasteiger partial charge in [-0.2, -0.15) is 0 Å². The number of rotatable bonds is 5. The molecule has 8 heteroatoms. The first kappa shape index (κ1) is 21.1. The van der Waals surface area contributed by atoms with Crippen LogP contribution in [0.2, 0.25) is 0 Å². The quantitative estimate of drug-likeness (QED) is 0.516. The molecule has 2 heterocycles. The molecule has 7 nitrogen and oxygen atoms in total. The molecule has 3 fully saturated rings. The molecule has 27 heavy (non-hydrogen) atoms. The molecule has 1 amide bonds. The van der Waals surface area contributed by atoms with E-state index in [9.17, 15) is 4.79 Å². The molecule has 3 aliphatic rings.